The van der Waals surface area contributed by atoms with Gasteiger partial charge in [0.15, 0.2) is 5.13 Å². The molecule has 18 heavy (non-hydrogen) atoms. The molecule has 1 amide bonds. The maximum absolute atomic E-state index is 12.1. The highest BCUT2D eigenvalue weighted by Crippen LogP contribution is 2.27. The number of nitrogen functional groups attached to an aromatic ring is 1. The van der Waals surface area contributed by atoms with Crippen molar-refractivity contribution in [3.05, 3.63) is 10.6 Å². The Balaban J connectivity index is 1.96. The van der Waals surface area contributed by atoms with Crippen LogP contribution in [0.25, 0.3) is 0 Å². The number of aryl methyl sites for hydroxylation is 1. The number of nitrogens with one attached hydrogen (secondary N) is 1. The number of aromatic nitrogens is 1. The molecule has 0 saturated heterocycles. The zero-order chi connectivity index (χ0) is 13.1. The molecule has 0 spiro atoms. The smallest absolute Gasteiger partial charge is 0.263 e. The van der Waals surface area contributed by atoms with Gasteiger partial charge >= 0.3 is 0 Å². The number of amides is 1. The van der Waals surface area contributed by atoms with Crippen molar-refractivity contribution in [2.45, 2.75) is 52.0 Å². The highest BCUT2D eigenvalue weighted by molar-refractivity contribution is 7.17. The molecule has 0 aliphatic heterocycles. The van der Waals surface area contributed by atoms with E-state index in [0.29, 0.717) is 15.9 Å². The molecule has 5 heteroatoms. The van der Waals surface area contributed by atoms with Crippen LogP contribution in [0.5, 0.6) is 0 Å². The van der Waals surface area contributed by atoms with Gasteiger partial charge in [-0.1, -0.05) is 30.6 Å². The lowest BCUT2D eigenvalue weighted by Crippen LogP contribution is -2.38. The molecule has 1 saturated carbocycles. The van der Waals surface area contributed by atoms with E-state index in [1.54, 1.807) is 0 Å². The van der Waals surface area contributed by atoms with Crippen molar-refractivity contribution in [2.24, 2.45) is 5.92 Å². The third-order valence-electron chi connectivity index (χ3n) is 3.74. The molecule has 1 aliphatic carbocycles. The number of anilines is 1. The predicted octanol–water partition coefficient (Wildman–Crippen LogP) is 2.73. The third-order valence-corrected chi connectivity index (χ3v) is 4.72. The number of carbonyl (C=O) groups excluding carboxylic acids is 1. The van der Waals surface area contributed by atoms with Gasteiger partial charge in [0, 0.05) is 6.04 Å². The van der Waals surface area contributed by atoms with Crippen molar-refractivity contribution in [1.82, 2.24) is 10.3 Å². The number of hydrogen-bond acceptors (Lipinski definition) is 4. The lowest BCUT2D eigenvalue weighted by molar-refractivity contribution is 0.0922. The maximum atomic E-state index is 12.1. The molecule has 0 radical (unpaired) electrons. The van der Waals surface area contributed by atoms with Crippen LogP contribution in [-0.2, 0) is 0 Å². The minimum Gasteiger partial charge on any atom is -0.375 e. The second kappa shape index (κ2) is 5.69. The normalized spacial score (nSPS) is 18.6. The van der Waals surface area contributed by atoms with Crippen molar-refractivity contribution in [3.8, 4) is 0 Å². The topological polar surface area (TPSA) is 68.0 Å². The molecule has 1 aliphatic rings. The van der Waals surface area contributed by atoms with Gasteiger partial charge < -0.3 is 11.1 Å². The van der Waals surface area contributed by atoms with E-state index in [2.05, 4.69) is 17.2 Å². The Morgan fingerprint density at radius 2 is 2.11 bits per heavy atom. The fourth-order valence-electron chi connectivity index (χ4n) is 2.65. The van der Waals surface area contributed by atoms with Crippen LogP contribution in [0.2, 0.25) is 0 Å². The molecule has 1 heterocycles. The molecule has 100 valence electrons. The van der Waals surface area contributed by atoms with Crippen LogP contribution in [0.3, 0.4) is 0 Å². The van der Waals surface area contributed by atoms with Crippen molar-refractivity contribution in [2.75, 3.05) is 5.73 Å². The quantitative estimate of drug-likeness (QED) is 0.884. The minimum atomic E-state index is -0.0280. The lowest BCUT2D eigenvalue weighted by Gasteiger charge is -2.28. The monoisotopic (exact) mass is 267 g/mol. The summed E-state index contributed by atoms with van der Waals surface area (Å²) in [5.41, 5.74) is 6.35. The molecule has 1 fully saturated rings. The van der Waals surface area contributed by atoms with Gasteiger partial charge in [0.25, 0.3) is 5.91 Å². The molecule has 3 N–H and O–H groups in total. The van der Waals surface area contributed by atoms with Crippen LogP contribution in [0.4, 0.5) is 5.13 Å². The van der Waals surface area contributed by atoms with Gasteiger partial charge in [-0.2, -0.15) is 0 Å². The van der Waals surface area contributed by atoms with Crippen molar-refractivity contribution >= 4 is 22.4 Å². The summed E-state index contributed by atoms with van der Waals surface area (Å²) in [6.45, 7) is 3.93. The maximum Gasteiger partial charge on any atom is 0.263 e. The molecule has 0 bridgehead atoms. The second-order valence-corrected chi connectivity index (χ2v) is 6.16. The Kier molecular flexibility index (Phi) is 4.22. The first-order chi connectivity index (χ1) is 8.58. The number of thiazole rings is 1. The van der Waals surface area contributed by atoms with Crippen LogP contribution in [-0.4, -0.2) is 16.9 Å². The third kappa shape index (κ3) is 3.02. The Morgan fingerprint density at radius 1 is 1.44 bits per heavy atom. The summed E-state index contributed by atoms with van der Waals surface area (Å²) < 4.78 is 0. The van der Waals surface area contributed by atoms with Gasteiger partial charge in [0.1, 0.15) is 4.88 Å². The van der Waals surface area contributed by atoms with Gasteiger partial charge in [-0.15, -0.1) is 0 Å². The van der Waals surface area contributed by atoms with Gasteiger partial charge in [-0.25, -0.2) is 4.98 Å². The summed E-state index contributed by atoms with van der Waals surface area (Å²) in [5, 5.41) is 3.56. The number of carbonyl (C=O) groups is 1. The zero-order valence-corrected chi connectivity index (χ0v) is 11.8. The van der Waals surface area contributed by atoms with E-state index in [9.17, 15) is 4.79 Å². The molecule has 1 atom stereocenters. The van der Waals surface area contributed by atoms with Crippen LogP contribution >= 0.6 is 11.3 Å². The first kappa shape index (κ1) is 13.3. The molecule has 0 unspecified atom stereocenters. The van der Waals surface area contributed by atoms with Crippen LogP contribution in [0.1, 0.15) is 54.4 Å². The van der Waals surface area contributed by atoms with E-state index < -0.39 is 0 Å². The fourth-order valence-corrected chi connectivity index (χ4v) is 3.39. The van der Waals surface area contributed by atoms with Crippen LogP contribution < -0.4 is 11.1 Å². The van der Waals surface area contributed by atoms with Crippen molar-refractivity contribution < 1.29 is 4.79 Å². The van der Waals surface area contributed by atoms with Gasteiger partial charge in [-0.3, -0.25) is 4.79 Å². The summed E-state index contributed by atoms with van der Waals surface area (Å²) in [6.07, 6.45) is 6.37. The average molecular weight is 267 g/mol. The van der Waals surface area contributed by atoms with E-state index in [0.717, 1.165) is 5.69 Å². The van der Waals surface area contributed by atoms with Crippen molar-refractivity contribution in [1.29, 1.82) is 0 Å². The van der Waals surface area contributed by atoms with Crippen LogP contribution in [0, 0.1) is 12.8 Å². The van der Waals surface area contributed by atoms with Gasteiger partial charge in [0.2, 0.25) is 0 Å². The van der Waals surface area contributed by atoms with E-state index in [1.807, 2.05) is 6.92 Å². The summed E-state index contributed by atoms with van der Waals surface area (Å²) in [4.78, 5) is 16.9. The predicted molar refractivity (Wildman–Crippen MR) is 74.8 cm³/mol. The second-order valence-electron chi connectivity index (χ2n) is 5.13. The first-order valence-corrected chi connectivity index (χ1v) is 7.43. The highest BCUT2D eigenvalue weighted by atomic mass is 32.1. The van der Waals surface area contributed by atoms with E-state index in [4.69, 9.17) is 5.73 Å². The van der Waals surface area contributed by atoms with Crippen molar-refractivity contribution in [3.63, 3.8) is 0 Å². The number of hydrogen-bond donors (Lipinski definition) is 2. The Hall–Kier alpha value is -1.10. The minimum absolute atomic E-state index is 0.0280. The number of rotatable bonds is 3. The summed E-state index contributed by atoms with van der Waals surface area (Å²) in [6, 6.07) is 0.237. The highest BCUT2D eigenvalue weighted by Gasteiger charge is 2.23. The molecule has 0 aromatic carbocycles. The Bertz CT molecular complexity index is 424. The fraction of sp³-hybridized carbons (Fsp3) is 0.692. The molecule has 2 rings (SSSR count). The van der Waals surface area contributed by atoms with E-state index >= 15 is 0 Å². The Labute approximate surface area is 112 Å². The standard InChI is InChI=1S/C13H21N3OS/c1-8(10-6-4-3-5-7-10)15-12(17)11-9(2)16-13(14)18-11/h8,10H,3-7H2,1-2H3,(H2,14,16)(H,15,17)/t8-/m1/s1. The SMILES string of the molecule is Cc1nc(N)sc1C(=O)N[C@H](C)C1CCCCC1. The number of nitrogens with zero attached hydrogens (tertiary/aromatic N) is 1. The molecule has 4 nitrogen and oxygen atoms in total. The van der Waals surface area contributed by atoms with E-state index in [-0.39, 0.29) is 11.9 Å². The molecular weight excluding hydrogens is 246 g/mol. The lowest BCUT2D eigenvalue weighted by atomic mass is 9.84. The van der Waals surface area contributed by atoms with E-state index in [1.165, 1.54) is 43.4 Å². The Morgan fingerprint density at radius 3 is 2.67 bits per heavy atom. The largest absolute Gasteiger partial charge is 0.375 e. The molecular formula is C13H21N3OS. The van der Waals surface area contributed by atoms with Gasteiger partial charge in [0.05, 0.1) is 5.69 Å². The molecule has 1 aromatic heterocycles. The summed E-state index contributed by atoms with van der Waals surface area (Å²) in [5.74, 6) is 0.591. The molecule has 1 aromatic rings. The average Bonchev–Trinajstić information content (AvgIpc) is 2.69. The zero-order valence-electron chi connectivity index (χ0n) is 11.0. The van der Waals surface area contributed by atoms with Gasteiger partial charge in [-0.05, 0) is 32.6 Å². The summed E-state index contributed by atoms with van der Waals surface area (Å²) in [7, 11) is 0. The first-order valence-electron chi connectivity index (χ1n) is 6.61. The summed E-state index contributed by atoms with van der Waals surface area (Å²) >= 11 is 1.27. The number of nitrogens with two attached hydrogens (primary N) is 1. The van der Waals surface area contributed by atoms with Crippen LogP contribution in [0.15, 0.2) is 0 Å².